The van der Waals surface area contributed by atoms with E-state index in [-0.39, 0.29) is 11.0 Å². The molecule has 29 heavy (non-hydrogen) atoms. The number of hydrogen-bond acceptors (Lipinski definition) is 1. The molecule has 0 amide bonds. The van der Waals surface area contributed by atoms with E-state index in [0.717, 1.165) is 48.3 Å². The molecule has 4 saturated carbocycles. The van der Waals surface area contributed by atoms with Crippen LogP contribution in [0.2, 0.25) is 0 Å². The van der Waals surface area contributed by atoms with Crippen molar-refractivity contribution in [1.82, 2.24) is 0 Å². The molecule has 1 spiro atoms. The Morgan fingerprint density at radius 1 is 0.966 bits per heavy atom. The van der Waals surface area contributed by atoms with Crippen LogP contribution >= 0.6 is 0 Å². The molecule has 0 aromatic heterocycles. The Hall–Kier alpha value is -0.110. The van der Waals surface area contributed by atoms with E-state index < -0.39 is 6.17 Å². The molecule has 5 rings (SSSR count). The Labute approximate surface area is 178 Å². The number of alkyl halides is 1. The van der Waals surface area contributed by atoms with E-state index in [0.29, 0.717) is 17.9 Å². The molecule has 0 aromatic rings. The smallest absolute Gasteiger partial charge is 0.103 e. The number of hydrogen-bond donors (Lipinski definition) is 0. The van der Waals surface area contributed by atoms with E-state index >= 15 is 0 Å². The first kappa shape index (κ1) is 20.8. The molecule has 1 aliphatic heterocycles. The summed E-state index contributed by atoms with van der Waals surface area (Å²) in [5, 5.41) is 0. The summed E-state index contributed by atoms with van der Waals surface area (Å²) >= 11 is 0. The predicted molar refractivity (Wildman–Crippen MR) is 117 cm³/mol. The zero-order chi connectivity index (χ0) is 20.6. The van der Waals surface area contributed by atoms with E-state index in [1.807, 2.05) is 0 Å². The van der Waals surface area contributed by atoms with Gasteiger partial charge < -0.3 is 4.74 Å². The number of ether oxygens (including phenoxy) is 1. The number of fused-ring (bicyclic) bond motifs is 4. The van der Waals surface area contributed by atoms with Crippen LogP contribution in [0, 0.1) is 46.3 Å². The van der Waals surface area contributed by atoms with Crippen molar-refractivity contribution >= 4 is 0 Å². The van der Waals surface area contributed by atoms with Crippen molar-refractivity contribution in [3.63, 3.8) is 0 Å². The lowest BCUT2D eigenvalue weighted by Crippen LogP contribution is -2.58. The molecule has 0 bridgehead atoms. The zero-order valence-corrected chi connectivity index (χ0v) is 19.7. The van der Waals surface area contributed by atoms with Crippen molar-refractivity contribution in [2.45, 2.75) is 123 Å². The lowest BCUT2D eigenvalue weighted by Gasteiger charge is -2.59. The van der Waals surface area contributed by atoms with E-state index in [2.05, 4.69) is 34.6 Å². The minimum absolute atomic E-state index is 0.0816. The van der Waals surface area contributed by atoms with Gasteiger partial charge in [0.05, 0.1) is 6.10 Å². The van der Waals surface area contributed by atoms with Gasteiger partial charge in [-0.05, 0) is 85.9 Å². The van der Waals surface area contributed by atoms with Gasteiger partial charge in [-0.2, -0.15) is 0 Å². The molecule has 0 radical (unpaired) electrons. The van der Waals surface area contributed by atoms with Crippen molar-refractivity contribution < 1.29 is 9.13 Å². The van der Waals surface area contributed by atoms with Crippen LogP contribution in [0.4, 0.5) is 4.39 Å². The van der Waals surface area contributed by atoms with Crippen LogP contribution < -0.4 is 0 Å². The molecular formula is C27H45FO. The first-order valence-electron chi connectivity index (χ1n) is 13.0. The fourth-order valence-electron chi connectivity index (χ4n) is 9.65. The van der Waals surface area contributed by atoms with Gasteiger partial charge in [-0.15, -0.1) is 0 Å². The normalized spacial score (nSPS) is 54.3. The quantitative estimate of drug-likeness (QED) is 0.430. The lowest BCUT2D eigenvalue weighted by molar-refractivity contribution is -0.109. The minimum Gasteiger partial charge on any atom is -0.365 e. The van der Waals surface area contributed by atoms with Gasteiger partial charge in [0.2, 0.25) is 0 Å². The molecule has 0 aromatic carbocycles. The van der Waals surface area contributed by atoms with E-state index in [1.165, 1.54) is 51.4 Å². The highest BCUT2D eigenvalue weighted by atomic mass is 19.1. The van der Waals surface area contributed by atoms with Crippen LogP contribution in [0.3, 0.4) is 0 Å². The first-order chi connectivity index (χ1) is 13.7. The lowest BCUT2D eigenvalue weighted by atomic mass is 9.44. The van der Waals surface area contributed by atoms with Crippen LogP contribution in [-0.2, 0) is 4.74 Å². The average Bonchev–Trinajstić information content (AvgIpc) is 3.22. The molecule has 5 fully saturated rings. The standard InChI is InChI=1S/C27H45FO/c1-17(2)7-6-8-18(3)21-9-10-22-20-15-24-27(29-24)16-19(28)11-14-26(27,5)23(20)12-13-25(21,22)4/h17-24H,6-16H2,1-5H3/t18-,19+,20+,21-,22+,23+,24-,25-,26-,27?/m1/s1. The van der Waals surface area contributed by atoms with Gasteiger partial charge in [0.1, 0.15) is 11.8 Å². The van der Waals surface area contributed by atoms with Gasteiger partial charge in [0, 0.05) is 11.8 Å². The molecule has 2 heteroatoms. The Bertz CT molecular complexity index is 632. The Morgan fingerprint density at radius 3 is 2.52 bits per heavy atom. The van der Waals surface area contributed by atoms with E-state index in [4.69, 9.17) is 4.74 Å². The van der Waals surface area contributed by atoms with Gasteiger partial charge in [0.25, 0.3) is 0 Å². The van der Waals surface area contributed by atoms with Crippen molar-refractivity contribution in [2.75, 3.05) is 0 Å². The molecule has 0 N–H and O–H groups in total. The van der Waals surface area contributed by atoms with Crippen molar-refractivity contribution in [3.8, 4) is 0 Å². The number of rotatable bonds is 5. The maximum absolute atomic E-state index is 14.3. The third-order valence-corrected chi connectivity index (χ3v) is 11.2. The second-order valence-electron chi connectivity index (χ2n) is 12.9. The maximum Gasteiger partial charge on any atom is 0.103 e. The first-order valence-corrected chi connectivity index (χ1v) is 13.0. The van der Waals surface area contributed by atoms with Crippen LogP contribution in [-0.4, -0.2) is 17.9 Å². The second kappa shape index (κ2) is 6.94. The van der Waals surface area contributed by atoms with Gasteiger partial charge in [-0.3, -0.25) is 0 Å². The molecule has 1 nitrogen and oxygen atoms in total. The summed E-state index contributed by atoms with van der Waals surface area (Å²) in [4.78, 5) is 0. The summed E-state index contributed by atoms with van der Waals surface area (Å²) in [6, 6.07) is 0. The monoisotopic (exact) mass is 404 g/mol. The van der Waals surface area contributed by atoms with E-state index in [1.54, 1.807) is 0 Å². The van der Waals surface area contributed by atoms with Crippen molar-refractivity contribution in [3.05, 3.63) is 0 Å². The average molecular weight is 405 g/mol. The molecule has 10 atom stereocenters. The topological polar surface area (TPSA) is 12.5 Å². The molecule has 166 valence electrons. The molecule has 1 unspecified atom stereocenters. The van der Waals surface area contributed by atoms with Crippen LogP contribution in [0.25, 0.3) is 0 Å². The third-order valence-electron chi connectivity index (χ3n) is 11.2. The van der Waals surface area contributed by atoms with Crippen LogP contribution in [0.15, 0.2) is 0 Å². The highest BCUT2D eigenvalue weighted by Gasteiger charge is 2.76. The number of epoxide rings is 1. The Kier molecular flexibility index (Phi) is 4.97. The SMILES string of the molecule is CC(C)CCC[C@@H](C)[C@H]1CC[C@H]2[C@@H]3C[C@H]4OC45C[C@@H](F)CC[C@]5(C)[C@H]3CC[C@]12C. The summed E-state index contributed by atoms with van der Waals surface area (Å²) in [5.41, 5.74) is 0.703. The van der Waals surface area contributed by atoms with Gasteiger partial charge >= 0.3 is 0 Å². The predicted octanol–water partition coefficient (Wildman–Crippen LogP) is 7.58. The molecule has 4 aliphatic carbocycles. The van der Waals surface area contributed by atoms with Crippen molar-refractivity contribution in [2.24, 2.45) is 46.3 Å². The summed E-state index contributed by atoms with van der Waals surface area (Å²) < 4.78 is 20.7. The fraction of sp³-hybridized carbons (Fsp3) is 1.00. The molecular weight excluding hydrogens is 359 g/mol. The van der Waals surface area contributed by atoms with Crippen LogP contribution in [0.1, 0.15) is 105 Å². The fourth-order valence-corrected chi connectivity index (χ4v) is 9.65. The summed E-state index contributed by atoms with van der Waals surface area (Å²) in [6.07, 6.45) is 13.4. The Morgan fingerprint density at radius 2 is 1.76 bits per heavy atom. The Balaban J connectivity index is 1.33. The highest BCUT2D eigenvalue weighted by Crippen LogP contribution is 2.74. The third kappa shape index (κ3) is 2.93. The second-order valence-corrected chi connectivity index (χ2v) is 12.9. The largest absolute Gasteiger partial charge is 0.365 e. The summed E-state index contributed by atoms with van der Waals surface area (Å²) in [7, 11) is 0. The van der Waals surface area contributed by atoms with E-state index in [9.17, 15) is 4.39 Å². The molecule has 1 saturated heterocycles. The maximum atomic E-state index is 14.3. The molecule has 5 aliphatic rings. The zero-order valence-electron chi connectivity index (χ0n) is 19.7. The highest BCUT2D eigenvalue weighted by molar-refractivity contribution is 5.24. The van der Waals surface area contributed by atoms with Gasteiger partial charge in [0.15, 0.2) is 0 Å². The number of halogens is 1. The minimum atomic E-state index is -0.624. The van der Waals surface area contributed by atoms with Crippen LogP contribution in [0.5, 0.6) is 0 Å². The van der Waals surface area contributed by atoms with Gasteiger partial charge in [-0.25, -0.2) is 4.39 Å². The summed E-state index contributed by atoms with van der Waals surface area (Å²) in [5.74, 6) is 5.14. The van der Waals surface area contributed by atoms with Gasteiger partial charge in [-0.1, -0.05) is 53.9 Å². The summed E-state index contributed by atoms with van der Waals surface area (Å²) in [6.45, 7) is 12.4. The molecule has 1 heterocycles. The van der Waals surface area contributed by atoms with Crippen molar-refractivity contribution in [1.29, 1.82) is 0 Å².